The molecule has 0 saturated carbocycles. The van der Waals surface area contributed by atoms with E-state index in [1.165, 1.54) is 18.1 Å². The van der Waals surface area contributed by atoms with Gasteiger partial charge in [-0.2, -0.15) is 5.26 Å². The van der Waals surface area contributed by atoms with Gasteiger partial charge in [-0.3, -0.25) is 9.69 Å². The van der Waals surface area contributed by atoms with Crippen LogP contribution in [0.1, 0.15) is 21.8 Å². The summed E-state index contributed by atoms with van der Waals surface area (Å²) < 4.78 is 20.8. The first-order valence-electron chi connectivity index (χ1n) is 12.3. The van der Waals surface area contributed by atoms with Gasteiger partial charge in [-0.15, -0.1) is 0 Å². The number of allylic oxidation sites excluding steroid dienone is 1. The van der Waals surface area contributed by atoms with Crippen LogP contribution in [0.2, 0.25) is 0 Å². The second kappa shape index (κ2) is 11.2. The van der Waals surface area contributed by atoms with Crippen LogP contribution in [-0.2, 0) is 19.1 Å². The Labute approximate surface area is 235 Å². The molecule has 0 spiro atoms. The van der Waals surface area contributed by atoms with Crippen molar-refractivity contribution in [1.29, 1.82) is 5.26 Å². The molecule has 206 valence electrons. The highest BCUT2D eigenvalue weighted by molar-refractivity contribution is 6.08. The topological polar surface area (TPSA) is 153 Å². The van der Waals surface area contributed by atoms with Crippen LogP contribution in [-0.4, -0.2) is 38.9 Å². The average Bonchev–Trinajstić information content (AvgIpc) is 3.48. The molecule has 0 aromatic heterocycles. The van der Waals surface area contributed by atoms with Crippen LogP contribution < -0.4 is 25.4 Å². The molecular weight excluding hydrogens is 528 g/mol. The van der Waals surface area contributed by atoms with Crippen molar-refractivity contribution in [3.05, 3.63) is 107 Å². The first-order chi connectivity index (χ1) is 19.9. The largest absolute Gasteiger partial charge is 0.466 e. The molecule has 1 amide bonds. The number of rotatable bonds is 6. The van der Waals surface area contributed by atoms with Crippen LogP contribution in [0.4, 0.5) is 11.4 Å². The lowest BCUT2D eigenvalue weighted by molar-refractivity contribution is -0.139. The Balaban J connectivity index is 1.61. The quantitative estimate of drug-likeness (QED) is 0.434. The Kier molecular flexibility index (Phi) is 7.30. The lowest BCUT2D eigenvalue weighted by atomic mass is 9.81. The molecule has 0 radical (unpaired) electrons. The van der Waals surface area contributed by atoms with Gasteiger partial charge in [0.2, 0.25) is 6.79 Å². The van der Waals surface area contributed by atoms with Crippen LogP contribution >= 0.6 is 0 Å². The van der Waals surface area contributed by atoms with Gasteiger partial charge in [0.1, 0.15) is 11.5 Å². The number of nitrogens with zero attached hydrogens (tertiary/aromatic N) is 2. The number of esters is 2. The Hall–Kier alpha value is -5.76. The van der Waals surface area contributed by atoms with Gasteiger partial charge in [-0.25, -0.2) is 9.59 Å². The summed E-state index contributed by atoms with van der Waals surface area (Å²) in [4.78, 5) is 40.9. The molecule has 41 heavy (non-hydrogen) atoms. The molecule has 0 bridgehead atoms. The summed E-state index contributed by atoms with van der Waals surface area (Å²) in [6, 6.07) is 22.0. The highest BCUT2D eigenvalue weighted by Crippen LogP contribution is 2.43. The van der Waals surface area contributed by atoms with Crippen LogP contribution in [0.3, 0.4) is 0 Å². The average molecular weight is 553 g/mol. The van der Waals surface area contributed by atoms with Crippen molar-refractivity contribution in [1.82, 2.24) is 0 Å². The van der Waals surface area contributed by atoms with Crippen molar-refractivity contribution >= 4 is 29.2 Å². The normalized spacial score (nSPS) is 15.7. The zero-order valence-electron chi connectivity index (χ0n) is 22.0. The zero-order chi connectivity index (χ0) is 29.1. The number of nitrogens with one attached hydrogen (secondary N) is 1. The summed E-state index contributed by atoms with van der Waals surface area (Å²) in [6.45, 7) is 0.0962. The van der Waals surface area contributed by atoms with E-state index >= 15 is 0 Å². The summed E-state index contributed by atoms with van der Waals surface area (Å²) in [5.41, 5.74) is 7.66. The molecule has 3 aromatic carbocycles. The maximum atomic E-state index is 13.3. The molecular formula is C30H24N4O7. The molecule has 2 aliphatic heterocycles. The fraction of sp³-hybridized carbons (Fsp3) is 0.133. The molecule has 5 rings (SSSR count). The van der Waals surface area contributed by atoms with Crippen molar-refractivity contribution in [2.75, 3.05) is 31.2 Å². The molecule has 11 nitrogen and oxygen atoms in total. The Morgan fingerprint density at radius 2 is 1.68 bits per heavy atom. The van der Waals surface area contributed by atoms with Gasteiger partial charge in [0.25, 0.3) is 5.91 Å². The van der Waals surface area contributed by atoms with E-state index in [1.807, 2.05) is 0 Å². The van der Waals surface area contributed by atoms with Crippen LogP contribution in [0, 0.1) is 11.3 Å². The van der Waals surface area contributed by atoms with Gasteiger partial charge < -0.3 is 30.0 Å². The van der Waals surface area contributed by atoms with Crippen molar-refractivity contribution < 1.29 is 33.3 Å². The van der Waals surface area contributed by atoms with Crippen LogP contribution in [0.5, 0.6) is 11.5 Å². The number of nitriles is 1. The fourth-order valence-corrected chi connectivity index (χ4v) is 4.75. The zero-order valence-corrected chi connectivity index (χ0v) is 22.0. The SMILES string of the molecule is COC(=O)C1=C(C(=O)OC)N(c2cccc(C(=O)Nc3ccc4c(c3)OCO4)c2)C(N)=C(C#N)C1c1ccccc1. The predicted octanol–water partition coefficient (Wildman–Crippen LogP) is 3.57. The standard InChI is InChI=1S/C30H24N4O7/c1-38-29(36)25-24(17-7-4-3-5-8-17)21(15-31)27(32)34(26(25)30(37)39-2)20-10-6-9-18(13-20)28(35)33-19-11-12-22-23(14-19)41-16-40-22/h3-14,24H,16,32H2,1-2H3,(H,33,35). The summed E-state index contributed by atoms with van der Waals surface area (Å²) in [6.07, 6.45) is 0. The van der Waals surface area contributed by atoms with Gasteiger partial charge >= 0.3 is 11.9 Å². The van der Waals surface area contributed by atoms with Crippen molar-refractivity contribution in [2.45, 2.75) is 5.92 Å². The molecule has 3 aromatic rings. The number of hydrogen-bond acceptors (Lipinski definition) is 10. The van der Waals surface area contributed by atoms with Crippen molar-refractivity contribution in [3.8, 4) is 17.6 Å². The summed E-state index contributed by atoms with van der Waals surface area (Å²) in [5, 5.41) is 13.0. The minimum absolute atomic E-state index is 0.0134. The van der Waals surface area contributed by atoms with Crippen molar-refractivity contribution in [2.24, 2.45) is 5.73 Å². The van der Waals surface area contributed by atoms with Gasteiger partial charge in [0, 0.05) is 23.0 Å². The first kappa shape index (κ1) is 26.8. The van der Waals surface area contributed by atoms with Gasteiger partial charge in [-0.05, 0) is 35.9 Å². The van der Waals surface area contributed by atoms with E-state index in [9.17, 15) is 19.6 Å². The molecule has 1 unspecified atom stereocenters. The number of carbonyl (C=O) groups is 3. The Morgan fingerprint density at radius 3 is 2.39 bits per heavy atom. The number of hydrogen-bond donors (Lipinski definition) is 2. The number of nitrogens with two attached hydrogens (primary N) is 1. The lowest BCUT2D eigenvalue weighted by Crippen LogP contribution is -2.40. The Bertz CT molecular complexity index is 1660. The van der Waals surface area contributed by atoms with E-state index in [1.54, 1.807) is 66.7 Å². The van der Waals surface area contributed by atoms with E-state index in [0.29, 0.717) is 22.7 Å². The molecule has 0 aliphatic carbocycles. The van der Waals surface area contributed by atoms with Crippen LogP contribution in [0.15, 0.2) is 95.5 Å². The number of anilines is 2. The van der Waals surface area contributed by atoms with Crippen molar-refractivity contribution in [3.63, 3.8) is 0 Å². The van der Waals surface area contributed by atoms with E-state index in [4.69, 9.17) is 24.7 Å². The molecule has 11 heteroatoms. The molecule has 0 saturated heterocycles. The van der Waals surface area contributed by atoms with Gasteiger partial charge in [-0.1, -0.05) is 36.4 Å². The highest BCUT2D eigenvalue weighted by Gasteiger charge is 2.43. The number of fused-ring (bicyclic) bond motifs is 1. The van der Waals surface area contributed by atoms with Gasteiger partial charge in [0.05, 0.1) is 37.4 Å². The van der Waals surface area contributed by atoms with Crippen LogP contribution in [0.25, 0.3) is 0 Å². The number of ether oxygens (including phenoxy) is 4. The van der Waals surface area contributed by atoms with E-state index in [0.717, 1.165) is 7.11 Å². The number of methoxy groups -OCH3 is 2. The lowest BCUT2D eigenvalue weighted by Gasteiger charge is -2.36. The number of amides is 1. The molecule has 2 aliphatic rings. The highest BCUT2D eigenvalue weighted by atomic mass is 16.7. The molecule has 1 atom stereocenters. The number of carbonyl (C=O) groups excluding carboxylic acids is 3. The summed E-state index contributed by atoms with van der Waals surface area (Å²) >= 11 is 0. The van der Waals surface area contributed by atoms with E-state index in [-0.39, 0.29) is 40.7 Å². The minimum Gasteiger partial charge on any atom is -0.466 e. The fourth-order valence-electron chi connectivity index (χ4n) is 4.75. The smallest absolute Gasteiger partial charge is 0.355 e. The van der Waals surface area contributed by atoms with E-state index < -0.39 is 23.8 Å². The second-order valence-electron chi connectivity index (χ2n) is 8.91. The third kappa shape index (κ3) is 4.90. The van der Waals surface area contributed by atoms with E-state index in [2.05, 4.69) is 11.4 Å². The molecule has 0 fully saturated rings. The predicted molar refractivity (Wildman–Crippen MR) is 147 cm³/mol. The maximum absolute atomic E-state index is 13.3. The summed E-state index contributed by atoms with van der Waals surface area (Å²) in [7, 11) is 2.33. The first-order valence-corrected chi connectivity index (χ1v) is 12.3. The summed E-state index contributed by atoms with van der Waals surface area (Å²) in [5.74, 6) is -2.24. The third-order valence-corrected chi connectivity index (χ3v) is 6.61. The second-order valence-corrected chi connectivity index (χ2v) is 8.91. The van der Waals surface area contributed by atoms with Gasteiger partial charge in [0.15, 0.2) is 11.5 Å². The maximum Gasteiger partial charge on any atom is 0.355 e. The molecule has 2 heterocycles. The third-order valence-electron chi connectivity index (χ3n) is 6.61. The number of benzene rings is 3. The molecule has 3 N–H and O–H groups in total. The minimum atomic E-state index is -1.00. The monoisotopic (exact) mass is 552 g/mol. The Morgan fingerprint density at radius 1 is 0.951 bits per heavy atom.